The van der Waals surface area contributed by atoms with Gasteiger partial charge in [0.25, 0.3) is 5.69 Å². The Balaban J connectivity index is 1.70. The molecule has 0 atom stereocenters. The van der Waals surface area contributed by atoms with Crippen LogP contribution >= 0.6 is 11.6 Å². The lowest BCUT2D eigenvalue weighted by molar-refractivity contribution is -0.384. The summed E-state index contributed by atoms with van der Waals surface area (Å²) in [5, 5.41) is 13.8. The third-order valence-electron chi connectivity index (χ3n) is 2.81. The van der Waals surface area contributed by atoms with Gasteiger partial charge in [0, 0.05) is 19.8 Å². The minimum absolute atomic E-state index is 0.0625. The Kier molecular flexibility index (Phi) is 4.93. The number of ether oxygens (including phenoxy) is 1. The maximum Gasteiger partial charge on any atom is 0.276 e. The minimum Gasteiger partial charge on any atom is -0.381 e. The fourth-order valence-electron chi connectivity index (χ4n) is 1.60. The predicted molar refractivity (Wildman–Crippen MR) is 72.6 cm³/mol. The zero-order chi connectivity index (χ0) is 13.7. The van der Waals surface area contributed by atoms with Gasteiger partial charge in [-0.1, -0.05) is 11.6 Å². The summed E-state index contributed by atoms with van der Waals surface area (Å²) in [6, 6.07) is 2.60. The number of rotatable bonds is 8. The van der Waals surface area contributed by atoms with Crippen molar-refractivity contribution in [3.63, 3.8) is 0 Å². The molecule has 19 heavy (non-hydrogen) atoms. The molecule has 0 aliphatic heterocycles. The van der Waals surface area contributed by atoms with Gasteiger partial charge >= 0.3 is 0 Å². The van der Waals surface area contributed by atoms with E-state index in [1.165, 1.54) is 25.0 Å². The average Bonchev–Trinajstić information content (AvgIpc) is 3.17. The summed E-state index contributed by atoms with van der Waals surface area (Å²) in [5.74, 6) is 1.19. The van der Waals surface area contributed by atoms with Crippen molar-refractivity contribution in [2.24, 2.45) is 5.92 Å². The molecule has 1 aliphatic rings. The van der Waals surface area contributed by atoms with Crippen molar-refractivity contribution in [1.82, 2.24) is 4.98 Å². The van der Waals surface area contributed by atoms with Gasteiger partial charge in [-0.25, -0.2) is 4.98 Å². The summed E-state index contributed by atoms with van der Waals surface area (Å²) in [7, 11) is 0. The highest BCUT2D eigenvalue weighted by molar-refractivity contribution is 6.29. The first-order chi connectivity index (χ1) is 9.15. The molecule has 2 rings (SSSR count). The van der Waals surface area contributed by atoms with Crippen LogP contribution < -0.4 is 5.32 Å². The Labute approximate surface area is 116 Å². The van der Waals surface area contributed by atoms with Crippen LogP contribution in [-0.4, -0.2) is 29.7 Å². The zero-order valence-corrected chi connectivity index (χ0v) is 11.2. The predicted octanol–water partition coefficient (Wildman–Crippen LogP) is 2.87. The van der Waals surface area contributed by atoms with E-state index in [1.807, 2.05) is 0 Å². The maximum absolute atomic E-state index is 10.7. The Bertz CT molecular complexity index is 452. The third kappa shape index (κ3) is 5.00. The van der Waals surface area contributed by atoms with E-state index in [9.17, 15) is 10.1 Å². The molecule has 0 unspecified atom stereocenters. The van der Waals surface area contributed by atoms with Crippen LogP contribution in [0.4, 0.5) is 11.5 Å². The van der Waals surface area contributed by atoms with Crippen molar-refractivity contribution in [2.45, 2.75) is 19.3 Å². The Morgan fingerprint density at radius 1 is 1.53 bits per heavy atom. The van der Waals surface area contributed by atoms with E-state index in [4.69, 9.17) is 16.3 Å². The molecule has 0 radical (unpaired) electrons. The topological polar surface area (TPSA) is 77.3 Å². The summed E-state index contributed by atoms with van der Waals surface area (Å²) in [6.07, 6.45) is 3.40. The highest BCUT2D eigenvalue weighted by Gasteiger charge is 2.20. The number of anilines is 1. The highest BCUT2D eigenvalue weighted by atomic mass is 35.5. The molecule has 7 heteroatoms. The van der Waals surface area contributed by atoms with E-state index in [1.54, 1.807) is 0 Å². The number of nitro groups is 1. The molecular weight excluding hydrogens is 270 g/mol. The summed E-state index contributed by atoms with van der Waals surface area (Å²) in [5.41, 5.74) is -0.0625. The van der Waals surface area contributed by atoms with Gasteiger partial charge in [-0.3, -0.25) is 10.1 Å². The van der Waals surface area contributed by atoms with Crippen LogP contribution in [0, 0.1) is 16.0 Å². The van der Waals surface area contributed by atoms with Crippen LogP contribution in [0.15, 0.2) is 12.1 Å². The second-order valence-electron chi connectivity index (χ2n) is 4.59. The molecule has 1 N–H and O–H groups in total. The van der Waals surface area contributed by atoms with E-state index in [0.717, 1.165) is 18.9 Å². The van der Waals surface area contributed by atoms with Gasteiger partial charge in [-0.2, -0.15) is 0 Å². The second kappa shape index (κ2) is 6.68. The van der Waals surface area contributed by atoms with Gasteiger partial charge in [-0.15, -0.1) is 0 Å². The number of nitrogens with zero attached hydrogens (tertiary/aromatic N) is 2. The van der Waals surface area contributed by atoms with E-state index in [-0.39, 0.29) is 10.8 Å². The van der Waals surface area contributed by atoms with E-state index in [0.29, 0.717) is 19.0 Å². The van der Waals surface area contributed by atoms with E-state index >= 15 is 0 Å². The van der Waals surface area contributed by atoms with Crippen LogP contribution in [0.1, 0.15) is 19.3 Å². The number of hydrogen-bond donors (Lipinski definition) is 1. The van der Waals surface area contributed by atoms with Crippen LogP contribution in [0.2, 0.25) is 5.15 Å². The fraction of sp³-hybridized carbons (Fsp3) is 0.583. The number of aromatic nitrogens is 1. The first-order valence-electron chi connectivity index (χ1n) is 6.29. The van der Waals surface area contributed by atoms with Gasteiger partial charge in [-0.05, 0) is 25.2 Å². The summed E-state index contributed by atoms with van der Waals surface area (Å²) in [4.78, 5) is 14.2. The molecular formula is C12H16ClN3O3. The molecule has 0 bridgehead atoms. The molecule has 0 amide bonds. The molecule has 104 valence electrons. The summed E-state index contributed by atoms with van der Waals surface area (Å²) in [6.45, 7) is 2.18. The SMILES string of the molecule is O=[N+]([O-])c1cc(Cl)nc(NCCCOCC2CC2)c1. The van der Waals surface area contributed by atoms with Crippen molar-refractivity contribution >= 4 is 23.1 Å². The Morgan fingerprint density at radius 2 is 2.32 bits per heavy atom. The largest absolute Gasteiger partial charge is 0.381 e. The van der Waals surface area contributed by atoms with Gasteiger partial charge in [0.05, 0.1) is 17.1 Å². The van der Waals surface area contributed by atoms with Crippen LogP contribution in [0.25, 0.3) is 0 Å². The smallest absolute Gasteiger partial charge is 0.276 e. The molecule has 1 aromatic rings. The Morgan fingerprint density at radius 3 is 3.00 bits per heavy atom. The number of pyridine rings is 1. The molecule has 1 aliphatic carbocycles. The second-order valence-corrected chi connectivity index (χ2v) is 4.98. The van der Waals surface area contributed by atoms with Gasteiger partial charge in [0.1, 0.15) is 11.0 Å². The summed E-state index contributed by atoms with van der Waals surface area (Å²) < 4.78 is 5.49. The lowest BCUT2D eigenvalue weighted by atomic mass is 10.4. The molecule has 0 spiro atoms. The molecule has 0 aromatic carbocycles. The van der Waals surface area contributed by atoms with E-state index in [2.05, 4.69) is 10.3 Å². The lowest BCUT2D eigenvalue weighted by Gasteiger charge is -2.06. The standard InChI is InChI=1S/C12H16ClN3O3/c13-11-6-10(16(17)18)7-12(15-11)14-4-1-5-19-8-9-2-3-9/h6-7,9H,1-5,8H2,(H,14,15). The first-order valence-corrected chi connectivity index (χ1v) is 6.66. The first kappa shape index (κ1) is 14.0. The van der Waals surface area contributed by atoms with Crippen molar-refractivity contribution in [3.05, 3.63) is 27.4 Å². The van der Waals surface area contributed by atoms with Crippen molar-refractivity contribution < 1.29 is 9.66 Å². The average molecular weight is 286 g/mol. The van der Waals surface area contributed by atoms with Crippen molar-refractivity contribution in [1.29, 1.82) is 0 Å². The fourth-order valence-corrected chi connectivity index (χ4v) is 1.81. The van der Waals surface area contributed by atoms with E-state index < -0.39 is 4.92 Å². The molecule has 6 nitrogen and oxygen atoms in total. The van der Waals surface area contributed by atoms with Gasteiger partial charge in [0.15, 0.2) is 0 Å². The molecule has 1 aromatic heterocycles. The van der Waals surface area contributed by atoms with Gasteiger partial charge in [0.2, 0.25) is 0 Å². The Hall–Kier alpha value is -1.40. The third-order valence-corrected chi connectivity index (χ3v) is 3.01. The van der Waals surface area contributed by atoms with Crippen LogP contribution in [0.3, 0.4) is 0 Å². The van der Waals surface area contributed by atoms with Crippen LogP contribution in [0.5, 0.6) is 0 Å². The lowest BCUT2D eigenvalue weighted by Crippen LogP contribution is -2.08. The number of hydrogen-bond acceptors (Lipinski definition) is 5. The summed E-state index contributed by atoms with van der Waals surface area (Å²) >= 11 is 5.72. The van der Waals surface area contributed by atoms with Gasteiger partial charge < -0.3 is 10.1 Å². The molecule has 1 saturated carbocycles. The molecule has 1 fully saturated rings. The quantitative estimate of drug-likeness (QED) is 0.344. The molecule has 1 heterocycles. The monoisotopic (exact) mass is 285 g/mol. The zero-order valence-electron chi connectivity index (χ0n) is 10.5. The number of nitrogens with one attached hydrogen (secondary N) is 1. The van der Waals surface area contributed by atoms with Crippen LogP contribution in [-0.2, 0) is 4.74 Å². The van der Waals surface area contributed by atoms with Crippen molar-refractivity contribution in [2.75, 3.05) is 25.1 Å². The van der Waals surface area contributed by atoms with Crippen molar-refractivity contribution in [3.8, 4) is 0 Å². The normalized spacial score (nSPS) is 14.4. The minimum atomic E-state index is -0.489. The molecule has 0 saturated heterocycles. The number of halogens is 1. The highest BCUT2D eigenvalue weighted by Crippen LogP contribution is 2.28. The maximum atomic E-state index is 10.7.